The first kappa shape index (κ1) is 14.8. The van der Waals surface area contributed by atoms with E-state index in [2.05, 4.69) is 31.3 Å². The van der Waals surface area contributed by atoms with E-state index in [1.807, 2.05) is 24.3 Å². The summed E-state index contributed by atoms with van der Waals surface area (Å²) in [7, 11) is 0. The van der Waals surface area contributed by atoms with Gasteiger partial charge in [0.15, 0.2) is 0 Å². The van der Waals surface area contributed by atoms with Crippen LogP contribution in [-0.4, -0.2) is 4.99 Å². The minimum Gasteiger partial charge on any atom is -0.389 e. The quantitative estimate of drug-likeness (QED) is 0.794. The molecule has 0 aliphatic rings. The minimum atomic E-state index is 0.328. The predicted octanol–water partition coefficient (Wildman–Crippen LogP) is 4.84. The average Bonchev–Trinajstić information content (AvgIpc) is 2.41. The summed E-state index contributed by atoms with van der Waals surface area (Å²) in [6.07, 6.45) is 0. The fourth-order valence-corrected chi connectivity index (χ4v) is 2.28. The van der Waals surface area contributed by atoms with E-state index in [-0.39, 0.29) is 0 Å². The van der Waals surface area contributed by atoms with E-state index in [0.717, 1.165) is 16.9 Å². The van der Waals surface area contributed by atoms with Crippen molar-refractivity contribution < 1.29 is 0 Å². The highest BCUT2D eigenvalue weighted by Gasteiger charge is 2.07. The smallest absolute Gasteiger partial charge is 0.106 e. The second-order valence-electron chi connectivity index (χ2n) is 4.96. The monoisotopic (exact) mass is 304 g/mol. The van der Waals surface area contributed by atoms with Crippen LogP contribution in [0.3, 0.4) is 0 Å². The van der Waals surface area contributed by atoms with E-state index in [4.69, 9.17) is 29.6 Å². The summed E-state index contributed by atoms with van der Waals surface area (Å²) in [5, 5.41) is 3.94. The normalized spacial score (nSPS) is 10.6. The molecule has 2 aromatic rings. The maximum absolute atomic E-state index is 5.98. The Morgan fingerprint density at radius 1 is 1.15 bits per heavy atom. The van der Waals surface area contributed by atoms with Crippen molar-refractivity contribution in [2.75, 3.05) is 5.32 Å². The fourth-order valence-electron chi connectivity index (χ4n) is 1.94. The molecule has 0 spiro atoms. The van der Waals surface area contributed by atoms with Gasteiger partial charge in [-0.25, -0.2) is 0 Å². The molecule has 0 bridgehead atoms. The highest BCUT2D eigenvalue weighted by Crippen LogP contribution is 2.25. The van der Waals surface area contributed by atoms with E-state index in [9.17, 15) is 0 Å². The molecule has 0 aliphatic carbocycles. The Morgan fingerprint density at radius 3 is 2.35 bits per heavy atom. The van der Waals surface area contributed by atoms with Crippen LogP contribution >= 0.6 is 23.8 Å². The van der Waals surface area contributed by atoms with Crippen molar-refractivity contribution in [1.29, 1.82) is 0 Å². The minimum absolute atomic E-state index is 0.328. The maximum atomic E-state index is 5.98. The molecule has 0 atom stereocenters. The van der Waals surface area contributed by atoms with Gasteiger partial charge < -0.3 is 11.1 Å². The van der Waals surface area contributed by atoms with E-state index in [0.29, 0.717) is 15.9 Å². The second kappa shape index (κ2) is 6.25. The van der Waals surface area contributed by atoms with Crippen LogP contribution in [0.1, 0.15) is 30.9 Å². The van der Waals surface area contributed by atoms with E-state index in [1.165, 1.54) is 5.56 Å². The van der Waals surface area contributed by atoms with Gasteiger partial charge in [-0.3, -0.25) is 0 Å². The third kappa shape index (κ3) is 3.50. The first-order valence-electron chi connectivity index (χ1n) is 6.43. The molecular weight excluding hydrogens is 288 g/mol. The Labute approximate surface area is 130 Å². The fraction of sp³-hybridized carbons (Fsp3) is 0.188. The molecule has 0 saturated carbocycles. The summed E-state index contributed by atoms with van der Waals surface area (Å²) in [4.78, 5) is 0.328. The lowest BCUT2D eigenvalue weighted by Gasteiger charge is -2.13. The lowest BCUT2D eigenvalue weighted by atomic mass is 10.0. The second-order valence-corrected chi connectivity index (χ2v) is 5.83. The van der Waals surface area contributed by atoms with Gasteiger partial charge in [0.25, 0.3) is 0 Å². The molecule has 0 fully saturated rings. The number of rotatable bonds is 4. The van der Waals surface area contributed by atoms with Crippen molar-refractivity contribution in [1.82, 2.24) is 0 Å². The van der Waals surface area contributed by atoms with Crippen LogP contribution in [0.15, 0.2) is 42.5 Å². The van der Waals surface area contributed by atoms with Crippen LogP contribution in [-0.2, 0) is 0 Å². The Bertz CT molecular complexity index is 621. The van der Waals surface area contributed by atoms with Crippen LogP contribution in [0.25, 0.3) is 0 Å². The lowest BCUT2D eigenvalue weighted by molar-refractivity contribution is 0.867. The third-order valence-electron chi connectivity index (χ3n) is 3.10. The summed E-state index contributed by atoms with van der Waals surface area (Å²) in [5.41, 5.74) is 9.65. The molecule has 4 heteroatoms. The summed E-state index contributed by atoms with van der Waals surface area (Å²) in [5.74, 6) is 0.520. The molecule has 0 radical (unpaired) electrons. The van der Waals surface area contributed by atoms with E-state index >= 15 is 0 Å². The molecule has 2 aromatic carbocycles. The summed E-state index contributed by atoms with van der Waals surface area (Å²) >= 11 is 11.0. The van der Waals surface area contributed by atoms with Gasteiger partial charge in [-0.2, -0.15) is 0 Å². The van der Waals surface area contributed by atoms with Crippen molar-refractivity contribution in [2.45, 2.75) is 19.8 Å². The van der Waals surface area contributed by atoms with Crippen molar-refractivity contribution >= 4 is 40.2 Å². The largest absolute Gasteiger partial charge is 0.389 e. The van der Waals surface area contributed by atoms with E-state index in [1.54, 1.807) is 6.07 Å². The molecule has 3 N–H and O–H groups in total. The Kier molecular flexibility index (Phi) is 4.63. The van der Waals surface area contributed by atoms with Gasteiger partial charge in [0, 0.05) is 22.0 Å². The number of thiocarbonyl (C=S) groups is 1. The zero-order valence-electron chi connectivity index (χ0n) is 11.5. The lowest BCUT2D eigenvalue weighted by Crippen LogP contribution is -2.11. The van der Waals surface area contributed by atoms with Crippen LogP contribution in [0, 0.1) is 0 Å². The van der Waals surface area contributed by atoms with Crippen molar-refractivity contribution in [3.63, 3.8) is 0 Å². The van der Waals surface area contributed by atoms with Crippen molar-refractivity contribution in [3.8, 4) is 0 Å². The SMILES string of the molecule is CC(C)c1ccc(Nc2ccc(Cl)cc2C(N)=S)cc1. The Balaban J connectivity index is 2.28. The molecular formula is C16H17ClN2S. The van der Waals surface area contributed by atoms with Gasteiger partial charge in [0.2, 0.25) is 0 Å². The van der Waals surface area contributed by atoms with E-state index < -0.39 is 0 Å². The highest BCUT2D eigenvalue weighted by molar-refractivity contribution is 7.80. The molecule has 2 nitrogen and oxygen atoms in total. The molecule has 0 saturated heterocycles. The number of halogens is 1. The summed E-state index contributed by atoms with van der Waals surface area (Å²) in [6.45, 7) is 4.35. The summed E-state index contributed by atoms with van der Waals surface area (Å²) < 4.78 is 0. The van der Waals surface area contributed by atoms with Gasteiger partial charge in [-0.1, -0.05) is 49.8 Å². The number of hydrogen-bond acceptors (Lipinski definition) is 2. The molecule has 0 amide bonds. The molecule has 104 valence electrons. The number of hydrogen-bond donors (Lipinski definition) is 2. The van der Waals surface area contributed by atoms with Gasteiger partial charge in [-0.05, 0) is 41.8 Å². The summed E-state index contributed by atoms with van der Waals surface area (Å²) in [6, 6.07) is 13.8. The first-order chi connectivity index (χ1) is 9.47. The van der Waals surface area contributed by atoms with Gasteiger partial charge >= 0.3 is 0 Å². The average molecular weight is 305 g/mol. The standard InChI is InChI=1S/C16H17ClN2S/c1-10(2)11-3-6-13(7-4-11)19-15-8-5-12(17)9-14(15)16(18)20/h3-10,19H,1-2H3,(H2,18,20). The maximum Gasteiger partial charge on any atom is 0.106 e. The topological polar surface area (TPSA) is 38.0 Å². The molecule has 0 aliphatic heterocycles. The van der Waals surface area contributed by atoms with Gasteiger partial charge in [-0.15, -0.1) is 0 Å². The Morgan fingerprint density at radius 2 is 1.80 bits per heavy atom. The first-order valence-corrected chi connectivity index (χ1v) is 7.22. The van der Waals surface area contributed by atoms with Gasteiger partial charge in [0.1, 0.15) is 4.99 Å². The van der Waals surface area contributed by atoms with Crippen LogP contribution in [0.4, 0.5) is 11.4 Å². The predicted molar refractivity (Wildman–Crippen MR) is 91.2 cm³/mol. The number of benzene rings is 2. The molecule has 20 heavy (non-hydrogen) atoms. The van der Waals surface area contributed by atoms with Gasteiger partial charge in [0.05, 0.1) is 0 Å². The molecule has 0 unspecified atom stereocenters. The van der Waals surface area contributed by atoms with Crippen molar-refractivity contribution in [3.05, 3.63) is 58.6 Å². The zero-order valence-corrected chi connectivity index (χ0v) is 13.1. The van der Waals surface area contributed by atoms with Crippen LogP contribution < -0.4 is 11.1 Å². The molecule has 0 aromatic heterocycles. The van der Waals surface area contributed by atoms with Crippen LogP contribution in [0.5, 0.6) is 0 Å². The Hall–Kier alpha value is -1.58. The third-order valence-corrected chi connectivity index (χ3v) is 3.56. The van der Waals surface area contributed by atoms with Crippen molar-refractivity contribution in [2.24, 2.45) is 5.73 Å². The highest BCUT2D eigenvalue weighted by atomic mass is 35.5. The number of nitrogens with one attached hydrogen (secondary N) is 1. The molecule has 2 rings (SSSR count). The van der Waals surface area contributed by atoms with Crippen LogP contribution in [0.2, 0.25) is 5.02 Å². The number of nitrogens with two attached hydrogens (primary N) is 1. The number of anilines is 2. The zero-order chi connectivity index (χ0) is 14.7. The molecule has 0 heterocycles.